The summed E-state index contributed by atoms with van der Waals surface area (Å²) in [5.74, 6) is 0.869. The molecule has 0 unspecified atom stereocenters. The van der Waals surface area contributed by atoms with Crippen molar-refractivity contribution < 1.29 is 9.53 Å². The summed E-state index contributed by atoms with van der Waals surface area (Å²) in [6.45, 7) is 4.02. The summed E-state index contributed by atoms with van der Waals surface area (Å²) >= 11 is 6.41. The van der Waals surface area contributed by atoms with Gasteiger partial charge in [-0.25, -0.2) is 9.67 Å². The van der Waals surface area contributed by atoms with Gasteiger partial charge in [-0.15, -0.1) is 5.10 Å². The quantitative estimate of drug-likeness (QED) is 0.454. The average molecular weight is 433 g/mol. The molecule has 0 aliphatic heterocycles. The first-order valence-electron chi connectivity index (χ1n) is 9.71. The van der Waals surface area contributed by atoms with Gasteiger partial charge < -0.3 is 10.1 Å². The molecule has 1 amide bonds. The van der Waals surface area contributed by atoms with Gasteiger partial charge in [0.05, 0.1) is 17.8 Å². The lowest BCUT2D eigenvalue weighted by molar-refractivity contribution is 0.101. The zero-order valence-corrected chi connectivity index (χ0v) is 18.1. The van der Waals surface area contributed by atoms with Crippen molar-refractivity contribution in [3.63, 3.8) is 0 Å². The SMILES string of the molecule is COc1ccc(-c2nc(C(=O)Nc3ccc(C)c(C)c3)nn2-c2ccccc2Cl)cc1. The second-order valence-corrected chi connectivity index (χ2v) is 7.51. The van der Waals surface area contributed by atoms with Gasteiger partial charge in [-0.3, -0.25) is 4.79 Å². The normalized spacial score (nSPS) is 10.7. The topological polar surface area (TPSA) is 69.0 Å². The number of hydrogen-bond donors (Lipinski definition) is 1. The predicted octanol–water partition coefficient (Wildman–Crippen LogP) is 5.47. The molecule has 31 heavy (non-hydrogen) atoms. The number of carbonyl (C=O) groups is 1. The van der Waals surface area contributed by atoms with Gasteiger partial charge in [0.25, 0.3) is 5.91 Å². The number of anilines is 1. The van der Waals surface area contributed by atoms with Gasteiger partial charge in [-0.1, -0.05) is 29.8 Å². The third-order valence-electron chi connectivity index (χ3n) is 5.00. The first-order chi connectivity index (χ1) is 15.0. The van der Waals surface area contributed by atoms with Gasteiger partial charge in [0.1, 0.15) is 5.75 Å². The van der Waals surface area contributed by atoms with Crippen LogP contribution in [0.15, 0.2) is 66.7 Å². The fourth-order valence-corrected chi connectivity index (χ4v) is 3.35. The summed E-state index contributed by atoms with van der Waals surface area (Å²) in [5.41, 5.74) is 4.34. The minimum atomic E-state index is -0.399. The number of ether oxygens (including phenoxy) is 1. The number of nitrogens with zero attached hydrogens (tertiary/aromatic N) is 3. The number of aryl methyl sites for hydroxylation is 2. The van der Waals surface area contributed by atoms with E-state index in [4.69, 9.17) is 16.3 Å². The highest BCUT2D eigenvalue weighted by Gasteiger charge is 2.20. The molecule has 1 N–H and O–H groups in total. The van der Waals surface area contributed by atoms with Crippen molar-refractivity contribution in [3.8, 4) is 22.8 Å². The molecule has 0 bridgehead atoms. The van der Waals surface area contributed by atoms with E-state index in [1.807, 2.05) is 74.5 Å². The van der Waals surface area contributed by atoms with E-state index < -0.39 is 5.91 Å². The standard InChI is InChI=1S/C24H21ClN4O2/c1-15-8-11-18(14-16(15)2)26-24(30)22-27-23(17-9-12-19(31-3)13-10-17)29(28-22)21-7-5-4-6-20(21)25/h4-14H,1-3H3,(H,26,30). The van der Waals surface area contributed by atoms with Crippen molar-refractivity contribution in [3.05, 3.63) is 88.7 Å². The van der Waals surface area contributed by atoms with Gasteiger partial charge in [-0.05, 0) is 73.5 Å². The van der Waals surface area contributed by atoms with Crippen molar-refractivity contribution in [2.45, 2.75) is 13.8 Å². The number of benzene rings is 3. The van der Waals surface area contributed by atoms with Crippen molar-refractivity contribution in [2.75, 3.05) is 12.4 Å². The summed E-state index contributed by atoms with van der Waals surface area (Å²) < 4.78 is 6.82. The Morgan fingerprint density at radius 3 is 2.42 bits per heavy atom. The van der Waals surface area contributed by atoms with E-state index in [2.05, 4.69) is 15.4 Å². The van der Waals surface area contributed by atoms with Crippen molar-refractivity contribution in [1.82, 2.24) is 14.8 Å². The lowest BCUT2D eigenvalue weighted by Crippen LogP contribution is -2.14. The lowest BCUT2D eigenvalue weighted by Gasteiger charge is -2.08. The van der Waals surface area contributed by atoms with Gasteiger partial charge in [-0.2, -0.15) is 0 Å². The molecular formula is C24H21ClN4O2. The Bertz CT molecular complexity index is 1250. The maximum absolute atomic E-state index is 12.9. The number of nitrogens with one attached hydrogen (secondary N) is 1. The summed E-state index contributed by atoms with van der Waals surface area (Å²) in [4.78, 5) is 17.5. The summed E-state index contributed by atoms with van der Waals surface area (Å²) in [6.07, 6.45) is 0. The van der Waals surface area contributed by atoms with E-state index in [1.165, 1.54) is 0 Å². The third kappa shape index (κ3) is 4.29. The van der Waals surface area contributed by atoms with Crippen molar-refractivity contribution in [1.29, 1.82) is 0 Å². The molecule has 0 saturated heterocycles. The molecule has 7 heteroatoms. The molecule has 0 atom stereocenters. The molecule has 0 radical (unpaired) electrons. The zero-order valence-electron chi connectivity index (χ0n) is 17.4. The van der Waals surface area contributed by atoms with Gasteiger partial charge in [0.2, 0.25) is 5.82 Å². The first-order valence-corrected chi connectivity index (χ1v) is 10.1. The molecule has 0 saturated carbocycles. The molecular weight excluding hydrogens is 412 g/mol. The number of carbonyl (C=O) groups excluding carboxylic acids is 1. The molecule has 0 fully saturated rings. The second kappa shape index (κ2) is 8.62. The summed E-state index contributed by atoms with van der Waals surface area (Å²) in [6, 6.07) is 20.4. The molecule has 0 aliphatic rings. The molecule has 156 valence electrons. The highest BCUT2D eigenvalue weighted by molar-refractivity contribution is 6.32. The zero-order chi connectivity index (χ0) is 22.0. The minimum Gasteiger partial charge on any atom is -0.497 e. The van der Waals surface area contributed by atoms with E-state index in [1.54, 1.807) is 17.9 Å². The van der Waals surface area contributed by atoms with Crippen LogP contribution in [0.4, 0.5) is 5.69 Å². The minimum absolute atomic E-state index is 0.0453. The number of rotatable bonds is 5. The maximum atomic E-state index is 12.9. The smallest absolute Gasteiger partial charge is 0.295 e. The van der Waals surface area contributed by atoms with Crippen LogP contribution in [-0.4, -0.2) is 27.8 Å². The fourth-order valence-electron chi connectivity index (χ4n) is 3.13. The molecule has 0 spiro atoms. The largest absolute Gasteiger partial charge is 0.497 e. The predicted molar refractivity (Wildman–Crippen MR) is 122 cm³/mol. The monoisotopic (exact) mass is 432 g/mol. The Hall–Kier alpha value is -3.64. The highest BCUT2D eigenvalue weighted by Crippen LogP contribution is 2.27. The van der Waals surface area contributed by atoms with Crippen LogP contribution in [0.25, 0.3) is 17.1 Å². The summed E-state index contributed by atoms with van der Waals surface area (Å²) in [7, 11) is 1.61. The third-order valence-corrected chi connectivity index (χ3v) is 5.32. The molecule has 3 aromatic carbocycles. The van der Waals surface area contributed by atoms with Gasteiger partial charge >= 0.3 is 0 Å². The van der Waals surface area contributed by atoms with Crippen LogP contribution in [0.5, 0.6) is 5.75 Å². The molecule has 0 aliphatic carbocycles. The van der Waals surface area contributed by atoms with E-state index in [0.29, 0.717) is 22.2 Å². The van der Waals surface area contributed by atoms with E-state index in [-0.39, 0.29) is 5.82 Å². The lowest BCUT2D eigenvalue weighted by atomic mass is 10.1. The summed E-state index contributed by atoms with van der Waals surface area (Å²) in [5, 5.41) is 7.85. The number of halogens is 1. The number of methoxy groups -OCH3 is 1. The average Bonchev–Trinajstić information content (AvgIpc) is 3.22. The second-order valence-electron chi connectivity index (χ2n) is 7.10. The van der Waals surface area contributed by atoms with Crippen LogP contribution in [0.1, 0.15) is 21.7 Å². The Labute approximate surface area is 185 Å². The van der Waals surface area contributed by atoms with E-state index in [0.717, 1.165) is 22.4 Å². The van der Waals surface area contributed by atoms with Crippen LogP contribution in [0.3, 0.4) is 0 Å². The number of aromatic nitrogens is 3. The van der Waals surface area contributed by atoms with Crippen molar-refractivity contribution in [2.24, 2.45) is 0 Å². The molecule has 4 aromatic rings. The van der Waals surface area contributed by atoms with E-state index >= 15 is 0 Å². The fraction of sp³-hybridized carbons (Fsp3) is 0.125. The van der Waals surface area contributed by atoms with Crippen LogP contribution in [0.2, 0.25) is 5.02 Å². The Balaban J connectivity index is 1.76. The number of para-hydroxylation sites is 1. The Kier molecular flexibility index (Phi) is 5.73. The Morgan fingerprint density at radius 2 is 1.74 bits per heavy atom. The molecule has 6 nitrogen and oxygen atoms in total. The number of amides is 1. The molecule has 4 rings (SSSR count). The van der Waals surface area contributed by atoms with Crippen LogP contribution >= 0.6 is 11.6 Å². The van der Waals surface area contributed by atoms with E-state index in [9.17, 15) is 4.79 Å². The number of hydrogen-bond acceptors (Lipinski definition) is 4. The molecule has 1 heterocycles. The van der Waals surface area contributed by atoms with Crippen LogP contribution < -0.4 is 10.1 Å². The highest BCUT2D eigenvalue weighted by atomic mass is 35.5. The van der Waals surface area contributed by atoms with Crippen LogP contribution in [0, 0.1) is 13.8 Å². The van der Waals surface area contributed by atoms with Crippen LogP contribution in [-0.2, 0) is 0 Å². The van der Waals surface area contributed by atoms with Crippen molar-refractivity contribution >= 4 is 23.2 Å². The maximum Gasteiger partial charge on any atom is 0.295 e. The van der Waals surface area contributed by atoms with Gasteiger partial charge in [0, 0.05) is 11.3 Å². The molecule has 1 aromatic heterocycles. The first kappa shape index (κ1) is 20.6. The Morgan fingerprint density at radius 1 is 1.00 bits per heavy atom. The van der Waals surface area contributed by atoms with Gasteiger partial charge in [0.15, 0.2) is 5.82 Å².